The van der Waals surface area contributed by atoms with Crippen molar-refractivity contribution in [2.75, 3.05) is 0 Å². The number of rotatable bonds is 4. The number of hydrogen-bond acceptors (Lipinski definition) is 3. The monoisotopic (exact) mass is 280 g/mol. The molecule has 3 aromatic rings. The zero-order chi connectivity index (χ0) is 14.8. The first-order valence-corrected chi connectivity index (χ1v) is 6.97. The highest BCUT2D eigenvalue weighted by atomic mass is 16.3. The van der Waals surface area contributed by atoms with Crippen molar-refractivity contribution < 1.29 is 9.90 Å². The number of aromatic hydroxyl groups is 1. The van der Waals surface area contributed by atoms with Gasteiger partial charge in [0.2, 0.25) is 0 Å². The van der Waals surface area contributed by atoms with E-state index in [1.54, 1.807) is 12.1 Å². The van der Waals surface area contributed by atoms with Crippen LogP contribution in [-0.2, 0) is 4.79 Å². The molecule has 3 rings (SSSR count). The van der Waals surface area contributed by atoms with Gasteiger partial charge in [-0.05, 0) is 18.6 Å². The zero-order valence-electron chi connectivity index (χ0n) is 11.7. The molecule has 0 radical (unpaired) electrons. The molecule has 0 saturated carbocycles. The fourth-order valence-corrected chi connectivity index (χ4v) is 2.58. The Morgan fingerprint density at radius 1 is 1.19 bits per heavy atom. The van der Waals surface area contributed by atoms with Gasteiger partial charge < -0.3 is 14.5 Å². The largest absolute Gasteiger partial charge is 0.506 e. The van der Waals surface area contributed by atoms with Crippen molar-refractivity contribution in [1.82, 2.24) is 9.55 Å². The lowest BCUT2D eigenvalue weighted by atomic mass is 10.1. The summed E-state index contributed by atoms with van der Waals surface area (Å²) in [5.74, 6) is 0.841. The Kier molecular flexibility index (Phi) is 3.44. The van der Waals surface area contributed by atoms with Crippen LogP contribution in [0.5, 0.6) is 5.75 Å². The lowest BCUT2D eigenvalue weighted by Crippen LogP contribution is -2.11. The molecule has 0 saturated heterocycles. The number of hydrogen-bond donors (Lipinski definition) is 1. The molecule has 1 N–H and O–H groups in total. The molecule has 0 spiro atoms. The maximum Gasteiger partial charge on any atom is 0.142 e. The Bertz CT molecular complexity index is 778. The van der Waals surface area contributed by atoms with Crippen LogP contribution in [0, 0.1) is 0 Å². The molecule has 0 aliphatic heterocycles. The van der Waals surface area contributed by atoms with Gasteiger partial charge in [0.1, 0.15) is 23.4 Å². The van der Waals surface area contributed by atoms with Crippen LogP contribution < -0.4 is 0 Å². The quantitative estimate of drug-likeness (QED) is 0.743. The molecule has 2 aromatic carbocycles. The molecule has 21 heavy (non-hydrogen) atoms. The maximum atomic E-state index is 11.4. The van der Waals surface area contributed by atoms with Gasteiger partial charge in [-0.3, -0.25) is 0 Å². The number of aromatic nitrogens is 2. The minimum Gasteiger partial charge on any atom is -0.506 e. The third-order valence-corrected chi connectivity index (χ3v) is 3.63. The Labute approximate surface area is 122 Å². The summed E-state index contributed by atoms with van der Waals surface area (Å²) in [5, 5.41) is 10.2. The molecule has 0 bridgehead atoms. The van der Waals surface area contributed by atoms with Gasteiger partial charge in [-0.1, -0.05) is 43.3 Å². The summed E-state index contributed by atoms with van der Waals surface area (Å²) in [7, 11) is 0. The van der Waals surface area contributed by atoms with Crippen molar-refractivity contribution in [2.45, 2.75) is 19.4 Å². The number of benzene rings is 2. The van der Waals surface area contributed by atoms with Gasteiger partial charge in [-0.15, -0.1) is 0 Å². The minimum atomic E-state index is -0.349. The normalized spacial score (nSPS) is 12.4. The van der Waals surface area contributed by atoms with Gasteiger partial charge in [-0.25, -0.2) is 4.98 Å². The minimum absolute atomic E-state index is 0.141. The summed E-state index contributed by atoms with van der Waals surface area (Å²) in [5.41, 5.74) is 2.22. The highest BCUT2D eigenvalue weighted by Crippen LogP contribution is 2.33. The Balaban J connectivity index is 2.36. The van der Waals surface area contributed by atoms with Crippen molar-refractivity contribution >= 4 is 17.3 Å². The first kappa shape index (κ1) is 13.4. The molecule has 0 aliphatic rings. The number of para-hydroxylation sites is 1. The standard InChI is InChI=1S/C17H16N2O2/c1-2-13(11-20)19-16-14(9-6-10-15(16)21)18-17(19)12-7-4-3-5-8-12/h3-11,13,21H,2H2,1H3. The van der Waals surface area contributed by atoms with E-state index in [-0.39, 0.29) is 11.8 Å². The maximum absolute atomic E-state index is 11.4. The third kappa shape index (κ3) is 2.18. The first-order valence-electron chi connectivity index (χ1n) is 6.97. The van der Waals surface area contributed by atoms with Crippen LogP contribution >= 0.6 is 0 Å². The van der Waals surface area contributed by atoms with Gasteiger partial charge in [0, 0.05) is 5.56 Å². The summed E-state index contributed by atoms with van der Waals surface area (Å²) in [4.78, 5) is 16.0. The van der Waals surface area contributed by atoms with Crippen molar-refractivity contribution in [3.05, 3.63) is 48.5 Å². The molecule has 1 atom stereocenters. The molecule has 1 unspecified atom stereocenters. The molecule has 4 heteroatoms. The second kappa shape index (κ2) is 5.40. The summed E-state index contributed by atoms with van der Waals surface area (Å²) in [6.45, 7) is 1.94. The number of nitrogens with zero attached hydrogens (tertiary/aromatic N) is 2. The number of imidazole rings is 1. The van der Waals surface area contributed by atoms with E-state index >= 15 is 0 Å². The van der Waals surface area contributed by atoms with Crippen LogP contribution in [0.3, 0.4) is 0 Å². The van der Waals surface area contributed by atoms with E-state index in [1.807, 2.05) is 47.9 Å². The molecule has 0 fully saturated rings. The Morgan fingerprint density at radius 2 is 1.95 bits per heavy atom. The highest BCUT2D eigenvalue weighted by Gasteiger charge is 2.20. The van der Waals surface area contributed by atoms with Crippen LogP contribution in [0.2, 0.25) is 0 Å². The number of phenols is 1. The number of fused-ring (bicyclic) bond motifs is 1. The predicted octanol–water partition coefficient (Wildman–Crippen LogP) is 3.56. The SMILES string of the molecule is CCC(C=O)n1c(-c2ccccc2)nc2cccc(O)c21. The molecule has 1 heterocycles. The number of aldehydes is 1. The van der Waals surface area contributed by atoms with Crippen LogP contribution in [0.25, 0.3) is 22.4 Å². The summed E-state index contributed by atoms with van der Waals surface area (Å²) >= 11 is 0. The van der Waals surface area contributed by atoms with Gasteiger partial charge in [0.15, 0.2) is 0 Å². The summed E-state index contributed by atoms with van der Waals surface area (Å²) in [6, 6.07) is 14.6. The van der Waals surface area contributed by atoms with E-state index in [0.717, 1.165) is 11.8 Å². The molecular formula is C17H16N2O2. The van der Waals surface area contributed by atoms with Crippen LogP contribution in [0.15, 0.2) is 48.5 Å². The number of phenolic OH excluding ortho intramolecular Hbond substituents is 1. The van der Waals surface area contributed by atoms with E-state index in [9.17, 15) is 9.90 Å². The fraction of sp³-hybridized carbons (Fsp3) is 0.176. The molecular weight excluding hydrogens is 264 g/mol. The first-order chi connectivity index (χ1) is 10.3. The fourth-order valence-electron chi connectivity index (χ4n) is 2.58. The van der Waals surface area contributed by atoms with Crippen LogP contribution in [0.1, 0.15) is 19.4 Å². The van der Waals surface area contributed by atoms with Gasteiger partial charge >= 0.3 is 0 Å². The lowest BCUT2D eigenvalue weighted by molar-refractivity contribution is -0.110. The predicted molar refractivity (Wildman–Crippen MR) is 82.2 cm³/mol. The van der Waals surface area contributed by atoms with Crippen molar-refractivity contribution in [3.8, 4) is 17.1 Å². The third-order valence-electron chi connectivity index (χ3n) is 3.63. The van der Waals surface area contributed by atoms with Gasteiger partial charge in [0.25, 0.3) is 0 Å². The number of carbonyl (C=O) groups is 1. The van der Waals surface area contributed by atoms with Gasteiger partial charge in [-0.2, -0.15) is 0 Å². The van der Waals surface area contributed by atoms with Crippen LogP contribution in [-0.4, -0.2) is 20.9 Å². The van der Waals surface area contributed by atoms with E-state index in [1.165, 1.54) is 0 Å². The van der Waals surface area contributed by atoms with Gasteiger partial charge in [0.05, 0.1) is 11.6 Å². The average Bonchev–Trinajstić information content (AvgIpc) is 2.91. The van der Waals surface area contributed by atoms with Crippen molar-refractivity contribution in [2.24, 2.45) is 0 Å². The second-order valence-electron chi connectivity index (χ2n) is 4.93. The molecule has 1 aromatic heterocycles. The number of carbonyl (C=O) groups excluding carboxylic acids is 1. The van der Waals surface area contributed by atoms with E-state index in [4.69, 9.17) is 0 Å². The molecule has 4 nitrogen and oxygen atoms in total. The summed E-state index contributed by atoms with van der Waals surface area (Å²) in [6.07, 6.45) is 1.54. The molecule has 0 amide bonds. The average molecular weight is 280 g/mol. The van der Waals surface area contributed by atoms with Crippen molar-refractivity contribution in [1.29, 1.82) is 0 Å². The van der Waals surface area contributed by atoms with E-state index < -0.39 is 0 Å². The Morgan fingerprint density at radius 3 is 2.62 bits per heavy atom. The zero-order valence-corrected chi connectivity index (χ0v) is 11.7. The van der Waals surface area contributed by atoms with Crippen molar-refractivity contribution in [3.63, 3.8) is 0 Å². The van der Waals surface area contributed by atoms with E-state index in [2.05, 4.69) is 4.98 Å². The Hall–Kier alpha value is -2.62. The van der Waals surface area contributed by atoms with Crippen LogP contribution in [0.4, 0.5) is 0 Å². The van der Waals surface area contributed by atoms with E-state index in [0.29, 0.717) is 23.3 Å². The smallest absolute Gasteiger partial charge is 0.142 e. The highest BCUT2D eigenvalue weighted by molar-refractivity contribution is 5.87. The second-order valence-corrected chi connectivity index (χ2v) is 4.93. The molecule has 106 valence electrons. The lowest BCUT2D eigenvalue weighted by Gasteiger charge is -2.15. The summed E-state index contributed by atoms with van der Waals surface area (Å²) < 4.78 is 1.83. The topological polar surface area (TPSA) is 55.1 Å². The molecule has 0 aliphatic carbocycles.